The molecule has 1 rings (SSSR count). The summed E-state index contributed by atoms with van der Waals surface area (Å²) in [6.45, 7) is 3.79. The van der Waals surface area contributed by atoms with Crippen molar-refractivity contribution < 1.29 is 39.8 Å². The summed E-state index contributed by atoms with van der Waals surface area (Å²) >= 11 is 0. The summed E-state index contributed by atoms with van der Waals surface area (Å²) in [5.74, 6) is -0.187. The Morgan fingerprint density at radius 2 is 0.792 bits per heavy atom. The number of ether oxygens (including phenoxy) is 2. The van der Waals surface area contributed by atoms with E-state index in [9.17, 15) is 30.3 Å². The maximum atomic E-state index is 13.0. The van der Waals surface area contributed by atoms with E-state index in [0.717, 1.165) is 44.9 Å². The molecule has 9 nitrogen and oxygen atoms in total. The predicted molar refractivity (Wildman–Crippen MR) is 304 cm³/mol. The normalized spacial score (nSPS) is 19.3. The molecule has 7 atom stereocenters. The molecular weight excluding hydrogens is 899 g/mol. The summed E-state index contributed by atoms with van der Waals surface area (Å²) < 4.78 is 11.3. The fourth-order valence-corrected chi connectivity index (χ4v) is 10.0. The van der Waals surface area contributed by atoms with Crippen molar-refractivity contribution in [2.75, 3.05) is 13.2 Å². The second-order valence-corrected chi connectivity index (χ2v) is 21.8. The van der Waals surface area contributed by atoms with Crippen LogP contribution in [0, 0.1) is 0 Å². The van der Waals surface area contributed by atoms with Gasteiger partial charge in [-0.1, -0.05) is 288 Å². The van der Waals surface area contributed by atoms with E-state index < -0.39 is 49.5 Å². The molecule has 0 aliphatic carbocycles. The molecule has 1 saturated heterocycles. The van der Waals surface area contributed by atoms with Gasteiger partial charge in [-0.05, 0) is 44.9 Å². The smallest absolute Gasteiger partial charge is 0.220 e. The molecule has 1 aliphatic heterocycles. The van der Waals surface area contributed by atoms with Gasteiger partial charge in [0.15, 0.2) is 6.29 Å². The first-order valence-electron chi connectivity index (χ1n) is 31.2. The first kappa shape index (κ1) is 68.4. The number of carbonyl (C=O) groups excluding carboxylic acids is 1. The Balaban J connectivity index is 2.17. The van der Waals surface area contributed by atoms with Crippen LogP contribution in [0.5, 0.6) is 0 Å². The van der Waals surface area contributed by atoms with Gasteiger partial charge in [-0.3, -0.25) is 4.79 Å². The number of aliphatic hydroxyl groups excluding tert-OH is 5. The monoisotopic (exact) mass is 1020 g/mol. The topological polar surface area (TPSA) is 149 Å². The van der Waals surface area contributed by atoms with Crippen molar-refractivity contribution in [2.45, 2.75) is 346 Å². The van der Waals surface area contributed by atoms with Crippen LogP contribution in [0.1, 0.15) is 303 Å². The molecule has 72 heavy (non-hydrogen) atoms. The van der Waals surface area contributed by atoms with Crippen LogP contribution in [-0.2, 0) is 14.3 Å². The fraction of sp³-hybridized carbons (Fsp3) is 0.889. The summed E-state index contributed by atoms with van der Waals surface area (Å²) in [4.78, 5) is 13.0. The van der Waals surface area contributed by atoms with Crippen molar-refractivity contribution >= 4 is 5.91 Å². The van der Waals surface area contributed by atoms with Gasteiger partial charge in [0.1, 0.15) is 24.4 Å². The number of amides is 1. The van der Waals surface area contributed by atoms with Crippen LogP contribution in [0.25, 0.3) is 0 Å². The molecule has 1 heterocycles. The molecule has 1 aliphatic rings. The molecule has 9 heteroatoms. The largest absolute Gasteiger partial charge is 0.394 e. The number of rotatable bonds is 54. The molecular formula is C63H119NO8. The fourth-order valence-electron chi connectivity index (χ4n) is 10.0. The number of hydrogen-bond donors (Lipinski definition) is 6. The van der Waals surface area contributed by atoms with Gasteiger partial charge in [0.2, 0.25) is 5.91 Å². The number of nitrogens with one attached hydrogen (secondary N) is 1. The van der Waals surface area contributed by atoms with Crippen LogP contribution < -0.4 is 5.32 Å². The number of hydrogen-bond acceptors (Lipinski definition) is 8. The molecule has 0 radical (unpaired) electrons. The standard InChI is InChI=1S/C63H119NO8/c1-3-5-7-9-11-13-15-17-19-21-22-23-24-25-26-27-28-29-30-31-32-33-34-35-36-37-38-40-42-44-46-48-50-52-57(66)56(55-71-63-62(70)61(69)60(68)58(54-65)72-63)64-59(67)53-51-49-47-45-43-41-39-20-18-16-14-12-10-8-6-4-2/h36-37,42,44,50,52,56-58,60-63,65-66,68-70H,3-35,38-41,43,45-49,51,53-55H2,1-2H3,(H,64,67)/b37-36+,44-42+,52-50+. The highest BCUT2D eigenvalue weighted by molar-refractivity contribution is 5.76. The van der Waals surface area contributed by atoms with Crippen molar-refractivity contribution in [3.05, 3.63) is 36.5 Å². The third-order valence-corrected chi connectivity index (χ3v) is 14.9. The van der Waals surface area contributed by atoms with Crippen LogP contribution in [0.4, 0.5) is 0 Å². The third kappa shape index (κ3) is 41.6. The Kier molecular flexibility index (Phi) is 50.2. The molecule has 7 unspecified atom stereocenters. The minimum Gasteiger partial charge on any atom is -0.394 e. The van der Waals surface area contributed by atoms with Crippen LogP contribution >= 0.6 is 0 Å². The van der Waals surface area contributed by atoms with Crippen molar-refractivity contribution in [2.24, 2.45) is 0 Å². The molecule has 0 bridgehead atoms. The van der Waals surface area contributed by atoms with E-state index in [1.165, 1.54) is 238 Å². The molecule has 0 aromatic carbocycles. The minimum atomic E-state index is -1.57. The first-order valence-corrected chi connectivity index (χ1v) is 31.2. The van der Waals surface area contributed by atoms with Crippen LogP contribution in [0.3, 0.4) is 0 Å². The van der Waals surface area contributed by atoms with Crippen molar-refractivity contribution in [3.8, 4) is 0 Å². The van der Waals surface area contributed by atoms with Gasteiger partial charge in [-0.25, -0.2) is 0 Å². The maximum absolute atomic E-state index is 13.0. The maximum Gasteiger partial charge on any atom is 0.220 e. The summed E-state index contributed by atoms with van der Waals surface area (Å²) in [6, 6.07) is -0.826. The Hall–Kier alpha value is -1.59. The Morgan fingerprint density at radius 3 is 1.17 bits per heavy atom. The molecule has 0 aromatic heterocycles. The summed E-state index contributed by atoms with van der Waals surface area (Å²) in [5.41, 5.74) is 0. The van der Waals surface area contributed by atoms with Gasteiger partial charge in [0.05, 0.1) is 25.4 Å². The zero-order valence-corrected chi connectivity index (χ0v) is 47.2. The second-order valence-electron chi connectivity index (χ2n) is 21.8. The number of unbranched alkanes of at least 4 members (excludes halogenated alkanes) is 40. The molecule has 1 fully saturated rings. The van der Waals surface area contributed by atoms with Crippen LogP contribution in [-0.4, -0.2) is 87.5 Å². The van der Waals surface area contributed by atoms with Gasteiger partial charge in [-0.2, -0.15) is 0 Å². The van der Waals surface area contributed by atoms with Crippen molar-refractivity contribution in [1.82, 2.24) is 5.32 Å². The highest BCUT2D eigenvalue weighted by atomic mass is 16.7. The SMILES string of the molecule is CCCCCCCCCCCCCCCCCCCCCCCCC/C=C/CC/C=C/CC/C=C/C(O)C(COC1OC(CO)C(O)C(O)C1O)NC(=O)CCCCCCCCCCCCCCCCCC. The zero-order valence-electron chi connectivity index (χ0n) is 47.2. The van der Waals surface area contributed by atoms with E-state index in [4.69, 9.17) is 9.47 Å². The highest BCUT2D eigenvalue weighted by Crippen LogP contribution is 2.23. The van der Waals surface area contributed by atoms with E-state index in [0.29, 0.717) is 6.42 Å². The third-order valence-electron chi connectivity index (χ3n) is 14.9. The average Bonchev–Trinajstić information content (AvgIpc) is 3.38. The predicted octanol–water partition coefficient (Wildman–Crippen LogP) is 15.9. The van der Waals surface area contributed by atoms with E-state index in [-0.39, 0.29) is 12.5 Å². The average molecular weight is 1020 g/mol. The molecule has 6 N–H and O–H groups in total. The quantitative estimate of drug-likeness (QED) is 0.0261. The first-order chi connectivity index (χ1) is 35.3. The molecule has 0 saturated carbocycles. The van der Waals surface area contributed by atoms with E-state index in [2.05, 4.69) is 43.5 Å². The van der Waals surface area contributed by atoms with Crippen molar-refractivity contribution in [1.29, 1.82) is 0 Å². The lowest BCUT2D eigenvalue weighted by Gasteiger charge is -2.40. The highest BCUT2D eigenvalue weighted by Gasteiger charge is 2.44. The zero-order chi connectivity index (χ0) is 52.2. The summed E-state index contributed by atoms with van der Waals surface area (Å²) in [6.07, 6.45) is 62.4. The van der Waals surface area contributed by atoms with Crippen molar-refractivity contribution in [3.63, 3.8) is 0 Å². The lowest BCUT2D eigenvalue weighted by Crippen LogP contribution is -2.60. The molecule has 1 amide bonds. The Morgan fingerprint density at radius 1 is 0.458 bits per heavy atom. The lowest BCUT2D eigenvalue weighted by atomic mass is 9.99. The number of carbonyl (C=O) groups is 1. The molecule has 424 valence electrons. The van der Waals surface area contributed by atoms with Gasteiger partial charge in [0, 0.05) is 6.42 Å². The lowest BCUT2D eigenvalue weighted by molar-refractivity contribution is -0.302. The molecule has 0 aromatic rings. The van der Waals surface area contributed by atoms with Gasteiger partial charge >= 0.3 is 0 Å². The van der Waals surface area contributed by atoms with Crippen LogP contribution in [0.15, 0.2) is 36.5 Å². The number of allylic oxidation sites excluding steroid dienone is 5. The van der Waals surface area contributed by atoms with E-state index in [1.807, 2.05) is 6.08 Å². The Bertz CT molecular complexity index is 1230. The van der Waals surface area contributed by atoms with Gasteiger partial charge < -0.3 is 40.3 Å². The van der Waals surface area contributed by atoms with E-state index >= 15 is 0 Å². The van der Waals surface area contributed by atoms with Gasteiger partial charge in [0.25, 0.3) is 0 Å². The second kappa shape index (κ2) is 52.8. The molecule has 0 spiro atoms. The van der Waals surface area contributed by atoms with Crippen LogP contribution in [0.2, 0.25) is 0 Å². The summed E-state index contributed by atoms with van der Waals surface area (Å²) in [7, 11) is 0. The number of aliphatic hydroxyl groups is 5. The summed E-state index contributed by atoms with van der Waals surface area (Å²) in [5, 5.41) is 54.5. The minimum absolute atomic E-state index is 0.187. The Labute approximate surface area is 444 Å². The van der Waals surface area contributed by atoms with E-state index in [1.54, 1.807) is 6.08 Å². The van der Waals surface area contributed by atoms with Gasteiger partial charge in [-0.15, -0.1) is 0 Å².